The molecule has 10 heteroatoms. The highest BCUT2D eigenvalue weighted by Gasteiger charge is 2.47. The van der Waals surface area contributed by atoms with Crippen molar-refractivity contribution < 1.29 is 27.4 Å². The van der Waals surface area contributed by atoms with Crippen LogP contribution in [0.2, 0.25) is 0 Å². The van der Waals surface area contributed by atoms with Crippen LogP contribution in [0.15, 0.2) is 64.8 Å². The van der Waals surface area contributed by atoms with Gasteiger partial charge < -0.3 is 14.2 Å². The summed E-state index contributed by atoms with van der Waals surface area (Å²) in [5, 5.41) is 0. The molecule has 0 bridgehead atoms. The Bertz CT molecular complexity index is 1530. The zero-order valence-corrected chi connectivity index (χ0v) is 18.3. The third kappa shape index (κ3) is 2.60. The average Bonchev–Trinajstić information content (AvgIpc) is 2.84. The van der Waals surface area contributed by atoms with Crippen LogP contribution in [-0.4, -0.2) is 23.8 Å². The molecule has 7 rings (SSSR count). The quantitative estimate of drug-likeness (QED) is 0.346. The Hall–Kier alpha value is -3.66. The number of nitrogens with zero attached hydrogens (tertiary/aromatic N) is 2. The third-order valence-electron chi connectivity index (χ3n) is 6.29. The Morgan fingerprint density at radius 2 is 1.62 bits per heavy atom. The van der Waals surface area contributed by atoms with Gasteiger partial charge in [0.05, 0.1) is 18.9 Å². The van der Waals surface area contributed by atoms with Crippen molar-refractivity contribution in [3.05, 3.63) is 60.6 Å². The lowest BCUT2D eigenvalue weighted by molar-refractivity contribution is -0.137. The molecule has 34 heavy (non-hydrogen) atoms. The Kier molecular flexibility index (Phi) is 3.89. The fourth-order valence-electron chi connectivity index (χ4n) is 4.81. The van der Waals surface area contributed by atoms with Gasteiger partial charge in [-0.3, -0.25) is 9.97 Å². The Morgan fingerprint density at radius 3 is 2.38 bits per heavy atom. The average molecular weight is 476 g/mol. The zero-order valence-electron chi connectivity index (χ0n) is 17.4. The molecule has 0 saturated heterocycles. The van der Waals surface area contributed by atoms with E-state index < -0.39 is 11.7 Å². The predicted molar refractivity (Wildman–Crippen MR) is 121 cm³/mol. The lowest BCUT2D eigenvalue weighted by Gasteiger charge is -2.37. The minimum absolute atomic E-state index is 0.196. The molecule has 0 saturated carbocycles. The normalized spacial score (nSPS) is 14.2. The molecule has 5 heterocycles. The van der Waals surface area contributed by atoms with Gasteiger partial charge >= 0.3 is 6.18 Å². The van der Waals surface area contributed by atoms with Gasteiger partial charge in [0.15, 0.2) is 11.5 Å². The molecule has 0 amide bonds. The van der Waals surface area contributed by atoms with E-state index in [-0.39, 0.29) is 6.71 Å². The number of aromatic nitrogens is 2. The molecule has 0 unspecified atom stereocenters. The minimum Gasteiger partial charge on any atom is -0.493 e. The van der Waals surface area contributed by atoms with Crippen molar-refractivity contribution in [2.45, 2.75) is 16.0 Å². The van der Waals surface area contributed by atoms with Gasteiger partial charge in [-0.05, 0) is 35.2 Å². The van der Waals surface area contributed by atoms with Gasteiger partial charge in [-0.15, -0.1) is 0 Å². The van der Waals surface area contributed by atoms with E-state index in [2.05, 4.69) is 9.97 Å². The van der Waals surface area contributed by atoms with Crippen LogP contribution in [0.3, 0.4) is 0 Å². The molecular formula is C24H12BF3N2O3S. The van der Waals surface area contributed by atoms with Gasteiger partial charge in [0.25, 0.3) is 6.71 Å². The monoisotopic (exact) mass is 476 g/mol. The van der Waals surface area contributed by atoms with Crippen LogP contribution in [0.5, 0.6) is 28.7 Å². The van der Waals surface area contributed by atoms with Crippen molar-refractivity contribution in [2.75, 3.05) is 7.11 Å². The van der Waals surface area contributed by atoms with Gasteiger partial charge in [-0.2, -0.15) is 13.2 Å². The Morgan fingerprint density at radius 1 is 0.853 bits per heavy atom. The second-order valence-corrected chi connectivity index (χ2v) is 9.17. The topological polar surface area (TPSA) is 53.5 Å². The van der Waals surface area contributed by atoms with E-state index in [1.54, 1.807) is 31.8 Å². The lowest BCUT2D eigenvalue weighted by Crippen LogP contribution is -2.60. The second kappa shape index (κ2) is 6.69. The van der Waals surface area contributed by atoms with Crippen molar-refractivity contribution in [1.29, 1.82) is 0 Å². The summed E-state index contributed by atoms with van der Waals surface area (Å²) in [5.74, 6) is 2.94. The summed E-state index contributed by atoms with van der Waals surface area (Å²) < 4.78 is 57.4. The van der Waals surface area contributed by atoms with Crippen LogP contribution in [0, 0.1) is 0 Å². The van der Waals surface area contributed by atoms with Gasteiger partial charge in [-0.25, -0.2) is 0 Å². The summed E-state index contributed by atoms with van der Waals surface area (Å²) in [6, 6.07) is 8.57. The van der Waals surface area contributed by atoms with Crippen molar-refractivity contribution in [1.82, 2.24) is 9.97 Å². The van der Waals surface area contributed by atoms with Gasteiger partial charge in [0.1, 0.15) is 22.9 Å². The van der Waals surface area contributed by atoms with Gasteiger partial charge in [-0.1, -0.05) is 23.9 Å². The zero-order chi connectivity index (χ0) is 23.2. The molecule has 0 spiro atoms. The molecule has 5 nitrogen and oxygen atoms in total. The van der Waals surface area contributed by atoms with Crippen molar-refractivity contribution in [3.63, 3.8) is 0 Å². The molecule has 4 aromatic rings. The van der Waals surface area contributed by atoms with Crippen LogP contribution in [0.25, 0.3) is 11.3 Å². The molecule has 0 fully saturated rings. The fourth-order valence-corrected chi connectivity index (χ4v) is 5.92. The van der Waals surface area contributed by atoms with E-state index in [1.807, 2.05) is 6.07 Å². The van der Waals surface area contributed by atoms with Crippen LogP contribution in [0.4, 0.5) is 13.2 Å². The Labute approximate surface area is 196 Å². The predicted octanol–water partition coefficient (Wildman–Crippen LogP) is 4.36. The Balaban J connectivity index is 1.48. The molecule has 2 aromatic carbocycles. The van der Waals surface area contributed by atoms with Gasteiger partial charge in [0, 0.05) is 33.2 Å². The van der Waals surface area contributed by atoms with Crippen LogP contribution in [-0.2, 0) is 6.18 Å². The first-order chi connectivity index (χ1) is 16.4. The van der Waals surface area contributed by atoms with Crippen LogP contribution < -0.4 is 30.6 Å². The van der Waals surface area contributed by atoms with Gasteiger partial charge in [0.2, 0.25) is 0 Å². The van der Waals surface area contributed by atoms with E-state index >= 15 is 0 Å². The van der Waals surface area contributed by atoms with Crippen LogP contribution in [0.1, 0.15) is 5.56 Å². The summed E-state index contributed by atoms with van der Waals surface area (Å²) in [4.78, 5) is 10.8. The van der Waals surface area contributed by atoms with E-state index in [0.717, 1.165) is 38.3 Å². The van der Waals surface area contributed by atoms with Crippen LogP contribution >= 0.6 is 11.8 Å². The first kappa shape index (κ1) is 19.8. The second-order valence-electron chi connectivity index (χ2n) is 8.09. The smallest absolute Gasteiger partial charge is 0.416 e. The SMILES string of the molecule is COc1ccc2c3c1Oc1cncc4c1B3c1c(cnc(-c3ccc(C(F)(F)F)cc3)c1O2)S4. The maximum absolute atomic E-state index is 13.1. The number of halogens is 3. The summed E-state index contributed by atoms with van der Waals surface area (Å²) in [5.41, 5.74) is 3.08. The van der Waals surface area contributed by atoms with E-state index in [9.17, 15) is 13.2 Å². The van der Waals surface area contributed by atoms with E-state index in [4.69, 9.17) is 14.2 Å². The summed E-state index contributed by atoms with van der Waals surface area (Å²) in [6.45, 7) is -0.196. The van der Waals surface area contributed by atoms with E-state index in [1.165, 1.54) is 23.9 Å². The molecule has 3 aliphatic rings. The number of rotatable bonds is 2. The molecule has 3 aliphatic heterocycles. The number of pyridine rings is 2. The standard InChI is InChI=1S/C24H12BF3N2O3S/c1-31-14-7-6-13-19-22(14)33-15-8-29-9-16-18(15)25(19)20-17(34-16)10-30-21(23(20)32-13)11-2-4-12(5-3-11)24(26,27)28/h2-10H,1H3. The first-order valence-corrected chi connectivity index (χ1v) is 11.2. The largest absolute Gasteiger partial charge is 0.493 e. The minimum atomic E-state index is -4.41. The molecule has 166 valence electrons. The number of ether oxygens (including phenoxy) is 3. The number of hydrogen-bond acceptors (Lipinski definition) is 6. The highest BCUT2D eigenvalue weighted by molar-refractivity contribution is 8.00. The fraction of sp³-hybridized carbons (Fsp3) is 0.0833. The number of benzene rings is 2. The highest BCUT2D eigenvalue weighted by atomic mass is 32.2. The third-order valence-corrected chi connectivity index (χ3v) is 7.38. The van der Waals surface area contributed by atoms with Crippen molar-refractivity contribution >= 4 is 34.9 Å². The number of methoxy groups -OCH3 is 1. The first-order valence-electron chi connectivity index (χ1n) is 10.4. The summed E-state index contributed by atoms with van der Waals surface area (Å²) in [6.07, 6.45) is 0.829. The molecule has 0 N–H and O–H groups in total. The molecular weight excluding hydrogens is 464 g/mol. The molecule has 0 aliphatic carbocycles. The highest BCUT2D eigenvalue weighted by Crippen LogP contribution is 2.46. The van der Waals surface area contributed by atoms with Crippen molar-refractivity contribution in [2.24, 2.45) is 0 Å². The number of hydrogen-bond donors (Lipinski definition) is 0. The summed E-state index contributed by atoms with van der Waals surface area (Å²) >= 11 is 1.52. The lowest BCUT2D eigenvalue weighted by atomic mass is 9.34. The van der Waals surface area contributed by atoms with E-state index in [0.29, 0.717) is 40.0 Å². The molecule has 0 radical (unpaired) electrons. The molecule has 0 atom stereocenters. The molecule has 2 aromatic heterocycles. The maximum atomic E-state index is 13.1. The number of alkyl halides is 3. The summed E-state index contributed by atoms with van der Waals surface area (Å²) in [7, 11) is 1.58. The van der Waals surface area contributed by atoms with Crippen molar-refractivity contribution in [3.8, 4) is 40.0 Å². The maximum Gasteiger partial charge on any atom is 0.416 e.